The number of guanidine groups is 1. The van der Waals surface area contributed by atoms with Gasteiger partial charge in [0.05, 0.1) is 6.10 Å². The van der Waals surface area contributed by atoms with Gasteiger partial charge < -0.3 is 24.0 Å². The molecule has 11 nitrogen and oxygen atoms in total. The van der Waals surface area contributed by atoms with Gasteiger partial charge in [0, 0.05) is 18.5 Å². The normalized spacial score (nSPS) is 17.8. The van der Waals surface area contributed by atoms with E-state index in [2.05, 4.69) is 39.5 Å². The van der Waals surface area contributed by atoms with E-state index in [1.165, 1.54) is 44.1 Å². The lowest BCUT2D eigenvalue weighted by atomic mass is 10.0. The zero-order valence-electron chi connectivity index (χ0n) is 26.1. The van der Waals surface area contributed by atoms with Crippen molar-refractivity contribution in [2.75, 3.05) is 6.54 Å². The summed E-state index contributed by atoms with van der Waals surface area (Å²) in [6, 6.07) is 7.46. The minimum Gasteiger partial charge on any atom is -0.444 e. The number of aliphatic imine (C=N–C) groups is 1. The Labute approximate surface area is 249 Å². The van der Waals surface area contributed by atoms with Crippen molar-refractivity contribution in [3.8, 4) is 11.4 Å². The first-order chi connectivity index (χ1) is 19.7. The maximum atomic E-state index is 12.7. The summed E-state index contributed by atoms with van der Waals surface area (Å²) in [5.74, 6) is 0.489. The van der Waals surface area contributed by atoms with Crippen LogP contribution >= 0.6 is 0 Å². The highest BCUT2D eigenvalue weighted by atomic mass is 16.6. The van der Waals surface area contributed by atoms with Gasteiger partial charge in [0.1, 0.15) is 17.2 Å². The van der Waals surface area contributed by atoms with Crippen LogP contribution in [-0.4, -0.2) is 62.1 Å². The highest BCUT2D eigenvalue weighted by Crippen LogP contribution is 2.33. The SMILES string of the molecule is CCCCCCCCc1ccc(-c2noc([C@@H]3C[C@H](O)CN3C(=NC(=O)OC(C)(C)C)NC(=O)OC(C)(C)C)n2)cc1. The second-order valence-electron chi connectivity index (χ2n) is 12.8. The molecule has 2 N–H and O–H groups in total. The van der Waals surface area contributed by atoms with E-state index < -0.39 is 35.5 Å². The third-order valence-electron chi connectivity index (χ3n) is 6.51. The van der Waals surface area contributed by atoms with Crippen LogP contribution < -0.4 is 5.32 Å². The van der Waals surface area contributed by atoms with Gasteiger partial charge in [0.2, 0.25) is 17.7 Å². The molecule has 1 saturated heterocycles. The van der Waals surface area contributed by atoms with E-state index in [9.17, 15) is 14.7 Å². The van der Waals surface area contributed by atoms with Crippen LogP contribution in [0.3, 0.4) is 0 Å². The Kier molecular flexibility index (Phi) is 11.5. The third kappa shape index (κ3) is 10.7. The Morgan fingerprint density at radius 2 is 1.67 bits per heavy atom. The van der Waals surface area contributed by atoms with Gasteiger partial charge in [0.25, 0.3) is 0 Å². The number of nitrogens with one attached hydrogen (secondary N) is 1. The van der Waals surface area contributed by atoms with Crippen molar-refractivity contribution in [3.63, 3.8) is 0 Å². The molecule has 0 radical (unpaired) electrons. The van der Waals surface area contributed by atoms with E-state index in [1.807, 2.05) is 12.1 Å². The van der Waals surface area contributed by atoms with Gasteiger partial charge in [-0.15, -0.1) is 4.99 Å². The number of aromatic nitrogens is 2. The number of hydrogen-bond donors (Lipinski definition) is 2. The van der Waals surface area contributed by atoms with Crippen molar-refractivity contribution in [1.82, 2.24) is 20.4 Å². The number of amides is 2. The number of ether oxygens (including phenoxy) is 2. The molecule has 0 unspecified atom stereocenters. The summed E-state index contributed by atoms with van der Waals surface area (Å²) in [6.07, 6.45) is 6.29. The van der Waals surface area contributed by atoms with Crippen molar-refractivity contribution in [3.05, 3.63) is 35.7 Å². The van der Waals surface area contributed by atoms with Crippen molar-refractivity contribution in [2.45, 2.75) is 123 Å². The Morgan fingerprint density at radius 3 is 2.31 bits per heavy atom. The summed E-state index contributed by atoms with van der Waals surface area (Å²) in [5.41, 5.74) is 0.486. The Balaban J connectivity index is 1.76. The summed E-state index contributed by atoms with van der Waals surface area (Å²) in [7, 11) is 0. The van der Waals surface area contributed by atoms with Gasteiger partial charge >= 0.3 is 12.2 Å². The minimum absolute atomic E-state index is 0.0625. The Hall–Kier alpha value is -3.47. The third-order valence-corrected chi connectivity index (χ3v) is 6.51. The van der Waals surface area contributed by atoms with Gasteiger partial charge in [0.15, 0.2) is 0 Å². The molecule has 0 bridgehead atoms. The van der Waals surface area contributed by atoms with Crippen LogP contribution in [0.1, 0.15) is 111 Å². The van der Waals surface area contributed by atoms with Gasteiger partial charge in [-0.2, -0.15) is 4.98 Å². The lowest BCUT2D eigenvalue weighted by Gasteiger charge is -2.27. The first-order valence-electron chi connectivity index (χ1n) is 14.9. The number of benzene rings is 1. The van der Waals surface area contributed by atoms with Gasteiger partial charge in [-0.05, 0) is 59.9 Å². The standard InChI is InChI=1S/C31H47N5O6/c1-8-9-10-11-12-13-14-21-15-17-22(18-16-21)25-32-26(42-35-25)24-19-23(37)20-36(24)27(33-28(38)40-30(2,3)4)34-29(39)41-31(5,6)7/h15-18,23-24,37H,8-14,19-20H2,1-7H3,(H,33,34,38,39)/t23-,24-/m0/s1. The summed E-state index contributed by atoms with van der Waals surface area (Å²) < 4.78 is 16.3. The topological polar surface area (TPSA) is 139 Å². The Morgan fingerprint density at radius 1 is 1.02 bits per heavy atom. The van der Waals surface area contributed by atoms with Crippen molar-refractivity contribution in [2.24, 2.45) is 4.99 Å². The quantitative estimate of drug-likeness (QED) is 0.190. The van der Waals surface area contributed by atoms with Gasteiger partial charge in [-0.1, -0.05) is 68.4 Å². The summed E-state index contributed by atoms with van der Waals surface area (Å²) in [4.78, 5) is 35.4. The highest BCUT2D eigenvalue weighted by molar-refractivity contribution is 5.99. The average Bonchev–Trinajstić information content (AvgIpc) is 3.51. The molecular formula is C31H47N5O6. The second kappa shape index (κ2) is 14.6. The number of carbonyl (C=O) groups is 2. The molecule has 3 rings (SSSR count). The fourth-order valence-electron chi connectivity index (χ4n) is 4.63. The van der Waals surface area contributed by atoms with Crippen LogP contribution in [0.25, 0.3) is 11.4 Å². The highest BCUT2D eigenvalue weighted by Gasteiger charge is 2.39. The molecule has 0 spiro atoms. The Bertz CT molecular complexity index is 1200. The molecule has 1 aromatic carbocycles. The monoisotopic (exact) mass is 585 g/mol. The molecule has 2 heterocycles. The molecule has 2 aromatic rings. The number of rotatable bonds is 9. The lowest BCUT2D eigenvalue weighted by Crippen LogP contribution is -2.46. The van der Waals surface area contributed by atoms with Gasteiger partial charge in [-0.3, -0.25) is 5.32 Å². The van der Waals surface area contributed by atoms with E-state index in [0.29, 0.717) is 5.82 Å². The number of likely N-dealkylation sites (tertiary alicyclic amines) is 1. The second-order valence-corrected chi connectivity index (χ2v) is 12.8. The number of aryl methyl sites for hydroxylation is 1. The molecular weight excluding hydrogens is 538 g/mol. The first-order valence-corrected chi connectivity index (χ1v) is 14.9. The number of aliphatic hydroxyl groups is 1. The molecule has 1 fully saturated rings. The molecule has 1 aromatic heterocycles. The van der Waals surface area contributed by atoms with Crippen molar-refractivity contribution in [1.29, 1.82) is 0 Å². The largest absolute Gasteiger partial charge is 0.444 e. The first kappa shape index (κ1) is 33.0. The number of unbranched alkanes of at least 4 members (excludes halogenated alkanes) is 5. The molecule has 1 aliphatic heterocycles. The number of aliphatic hydroxyl groups excluding tert-OH is 1. The molecule has 232 valence electrons. The van der Waals surface area contributed by atoms with E-state index in [4.69, 9.17) is 14.0 Å². The number of β-amino-alcohol motifs (C(OH)–C–C–N with tert-alkyl or cyclic N) is 1. The van der Waals surface area contributed by atoms with E-state index in [1.54, 1.807) is 46.4 Å². The van der Waals surface area contributed by atoms with E-state index in [-0.39, 0.29) is 24.8 Å². The van der Waals surface area contributed by atoms with Crippen LogP contribution in [0.15, 0.2) is 33.8 Å². The molecule has 0 saturated carbocycles. The van der Waals surface area contributed by atoms with E-state index in [0.717, 1.165) is 12.0 Å². The molecule has 42 heavy (non-hydrogen) atoms. The lowest BCUT2D eigenvalue weighted by molar-refractivity contribution is 0.0552. The van der Waals surface area contributed by atoms with Crippen molar-refractivity contribution >= 4 is 18.1 Å². The van der Waals surface area contributed by atoms with Crippen molar-refractivity contribution < 1.29 is 28.7 Å². The molecule has 2 amide bonds. The molecule has 2 atom stereocenters. The summed E-state index contributed by atoms with van der Waals surface area (Å²) in [5, 5.41) is 17.3. The summed E-state index contributed by atoms with van der Waals surface area (Å²) >= 11 is 0. The zero-order chi connectivity index (χ0) is 30.9. The van der Waals surface area contributed by atoms with Gasteiger partial charge in [-0.25, -0.2) is 9.59 Å². The maximum absolute atomic E-state index is 12.7. The fourth-order valence-corrected chi connectivity index (χ4v) is 4.63. The molecule has 11 heteroatoms. The smallest absolute Gasteiger partial charge is 0.437 e. The number of carbonyl (C=O) groups excluding carboxylic acids is 2. The van der Waals surface area contributed by atoms with Crippen LogP contribution in [-0.2, 0) is 15.9 Å². The number of nitrogens with zero attached hydrogens (tertiary/aromatic N) is 4. The van der Waals surface area contributed by atoms with Crippen LogP contribution in [0.5, 0.6) is 0 Å². The van der Waals surface area contributed by atoms with E-state index >= 15 is 0 Å². The summed E-state index contributed by atoms with van der Waals surface area (Å²) in [6.45, 7) is 12.6. The number of alkyl carbamates (subject to hydrolysis) is 1. The molecule has 1 aliphatic rings. The fraction of sp³-hybridized carbons (Fsp3) is 0.645. The van der Waals surface area contributed by atoms with Crippen LogP contribution in [0.2, 0.25) is 0 Å². The minimum atomic E-state index is -0.902. The van der Waals surface area contributed by atoms with Crippen LogP contribution in [0.4, 0.5) is 9.59 Å². The average molecular weight is 586 g/mol. The predicted molar refractivity (Wildman–Crippen MR) is 160 cm³/mol. The van der Waals surface area contributed by atoms with Crippen LogP contribution in [0, 0.1) is 0 Å². The zero-order valence-corrected chi connectivity index (χ0v) is 26.1. The predicted octanol–water partition coefficient (Wildman–Crippen LogP) is 6.56. The maximum Gasteiger partial charge on any atom is 0.437 e. The number of hydrogen-bond acceptors (Lipinski definition) is 8. The molecule has 0 aliphatic carbocycles.